The van der Waals surface area contributed by atoms with Crippen molar-refractivity contribution in [2.45, 2.75) is 80.8 Å². The third-order valence-corrected chi connectivity index (χ3v) is 9.69. The minimum Gasteiger partial charge on any atom is -0.456 e. The number of methoxy groups -OCH3 is 1. The van der Waals surface area contributed by atoms with Crippen LogP contribution < -0.4 is 26.0 Å². The van der Waals surface area contributed by atoms with E-state index in [1.807, 2.05) is 24.3 Å². The summed E-state index contributed by atoms with van der Waals surface area (Å²) in [5.74, 6) is -3.05. The molecule has 3 aliphatic rings. The molecular weight excluding hydrogens is 763 g/mol. The smallest absolute Gasteiger partial charge is 0.456 e. The lowest BCUT2D eigenvalue weighted by atomic mass is 9.89. The summed E-state index contributed by atoms with van der Waals surface area (Å²) in [6.07, 6.45) is -13.0. The van der Waals surface area contributed by atoms with E-state index >= 15 is 0 Å². The topological polar surface area (TPSA) is 232 Å². The second-order valence-corrected chi connectivity index (χ2v) is 13.3. The molecule has 310 valence electrons. The van der Waals surface area contributed by atoms with Crippen molar-refractivity contribution >= 4 is 29.8 Å². The van der Waals surface area contributed by atoms with Gasteiger partial charge in [-0.3, -0.25) is 24.1 Å². The molecule has 8 unspecified atom stereocenters. The van der Waals surface area contributed by atoms with Crippen LogP contribution in [0.3, 0.4) is 0 Å². The average Bonchev–Trinajstić information content (AvgIpc) is 3.52. The number of rotatable bonds is 15. The van der Waals surface area contributed by atoms with E-state index in [0.717, 1.165) is 60.4 Å². The molecule has 2 saturated heterocycles. The number of hydrogen-bond acceptors (Lipinski definition) is 13. The van der Waals surface area contributed by atoms with Crippen LogP contribution in [0.5, 0.6) is 5.75 Å². The van der Waals surface area contributed by atoms with E-state index in [4.69, 9.17) is 24.7 Å². The zero-order valence-corrected chi connectivity index (χ0v) is 30.8. The van der Waals surface area contributed by atoms with Crippen molar-refractivity contribution in [3.05, 3.63) is 83.8 Å². The SMILES string of the molecule is CNC(=O)/C=C\N(C=O)C1OC(C(OC2OC(C(=O)NCc3ccc(N4CCC(c5ccc(OC(F)(F)F)cc5)CC4)cc3)=CC(O)C2O)C(N)=O)C(OC)C1O. The number of carbonyl (C=O) groups is 4. The second-order valence-electron chi connectivity index (χ2n) is 13.3. The number of ether oxygens (including phenoxy) is 5. The third-order valence-electron chi connectivity index (χ3n) is 9.69. The number of nitrogens with zero attached hydrogens (tertiary/aromatic N) is 2. The van der Waals surface area contributed by atoms with Gasteiger partial charge in [-0.15, -0.1) is 13.2 Å². The minimum absolute atomic E-state index is 0.0380. The summed E-state index contributed by atoms with van der Waals surface area (Å²) in [6.45, 7) is 1.47. The lowest BCUT2D eigenvalue weighted by Crippen LogP contribution is -2.54. The Morgan fingerprint density at radius 2 is 1.72 bits per heavy atom. The summed E-state index contributed by atoms with van der Waals surface area (Å²) >= 11 is 0. The number of aliphatic hydroxyl groups is 3. The molecule has 20 heteroatoms. The van der Waals surface area contributed by atoms with Crippen LogP contribution in [0.4, 0.5) is 18.9 Å². The summed E-state index contributed by atoms with van der Waals surface area (Å²) in [7, 11) is 2.54. The van der Waals surface area contributed by atoms with Crippen LogP contribution in [0.1, 0.15) is 29.9 Å². The molecule has 7 N–H and O–H groups in total. The second kappa shape index (κ2) is 18.8. The maximum Gasteiger partial charge on any atom is 0.573 e. The number of alkyl halides is 3. The first kappa shape index (κ1) is 42.9. The van der Waals surface area contributed by atoms with Gasteiger partial charge in [0.15, 0.2) is 18.1 Å². The Kier molecular flexibility index (Phi) is 14.1. The zero-order chi connectivity index (χ0) is 41.4. The Morgan fingerprint density at radius 1 is 1.05 bits per heavy atom. The average molecular weight is 808 g/mol. The lowest BCUT2D eigenvalue weighted by Gasteiger charge is -2.35. The van der Waals surface area contributed by atoms with Crippen LogP contribution in [-0.2, 0) is 44.7 Å². The third kappa shape index (κ3) is 10.8. The van der Waals surface area contributed by atoms with Crippen LogP contribution >= 0.6 is 0 Å². The van der Waals surface area contributed by atoms with Crippen molar-refractivity contribution in [3.63, 3.8) is 0 Å². The first-order chi connectivity index (χ1) is 27.1. The standard InChI is InChI=1S/C37H44F3N5O12/c1-42-27(48)13-16-45(19-46)35-29(50)30(53-2)31(55-35)32(33(41)51)56-36-28(49)25(47)17-26(54-36)34(52)43-18-20-3-7-23(8-4-20)44-14-11-22(12-15-44)21-5-9-24(10-6-21)57-37(38,39)40/h3-10,13,16-17,19,22,25,28-32,35-36,47,49-50H,11-12,14-15,18H2,1-2H3,(H2,41,51)(H,42,48)(H,43,52)/b16-13-. The Bertz CT molecular complexity index is 1770. The lowest BCUT2D eigenvalue weighted by molar-refractivity contribution is -0.274. The van der Waals surface area contributed by atoms with Crippen LogP contribution in [0.25, 0.3) is 0 Å². The van der Waals surface area contributed by atoms with Gasteiger partial charge >= 0.3 is 6.36 Å². The molecule has 57 heavy (non-hydrogen) atoms. The molecule has 2 aromatic rings. The van der Waals surface area contributed by atoms with Crippen molar-refractivity contribution < 1.29 is 71.4 Å². The van der Waals surface area contributed by atoms with Crippen molar-refractivity contribution in [3.8, 4) is 5.75 Å². The van der Waals surface area contributed by atoms with Crippen LogP contribution in [0, 0.1) is 0 Å². The number of hydrogen-bond donors (Lipinski definition) is 6. The van der Waals surface area contributed by atoms with Gasteiger partial charge in [0.1, 0.15) is 36.3 Å². The molecule has 0 aliphatic carbocycles. The van der Waals surface area contributed by atoms with Gasteiger partial charge in [0.25, 0.3) is 5.91 Å². The number of benzene rings is 2. The van der Waals surface area contributed by atoms with Crippen molar-refractivity contribution in [2.75, 3.05) is 32.1 Å². The molecule has 3 aliphatic heterocycles. The quantitative estimate of drug-likeness (QED) is 0.105. The number of nitrogens with one attached hydrogen (secondary N) is 2. The summed E-state index contributed by atoms with van der Waals surface area (Å²) in [6, 6.07) is 13.3. The molecule has 0 aromatic heterocycles. The van der Waals surface area contributed by atoms with Gasteiger partial charge in [-0.2, -0.15) is 0 Å². The summed E-state index contributed by atoms with van der Waals surface area (Å²) in [5.41, 5.74) is 8.20. The number of halogens is 3. The predicted molar refractivity (Wildman–Crippen MR) is 191 cm³/mol. The Hall–Kier alpha value is -5.25. The van der Waals surface area contributed by atoms with Gasteiger partial charge < -0.3 is 60.3 Å². The fourth-order valence-electron chi connectivity index (χ4n) is 6.70. The fraction of sp³-hybridized carbons (Fsp3) is 0.459. The van der Waals surface area contributed by atoms with Crippen molar-refractivity contribution in [2.24, 2.45) is 5.73 Å². The Labute approximate surface area is 324 Å². The van der Waals surface area contributed by atoms with E-state index < -0.39 is 79.0 Å². The number of anilines is 1. The molecule has 0 spiro atoms. The molecule has 0 saturated carbocycles. The summed E-state index contributed by atoms with van der Waals surface area (Å²) in [5, 5.41) is 37.1. The number of primary amides is 1. The van der Waals surface area contributed by atoms with Crippen LogP contribution in [0.2, 0.25) is 0 Å². The van der Waals surface area contributed by atoms with E-state index in [9.17, 15) is 47.7 Å². The highest BCUT2D eigenvalue weighted by molar-refractivity contribution is 5.91. The molecule has 2 fully saturated rings. The monoisotopic (exact) mass is 807 g/mol. The number of piperidine rings is 1. The molecule has 2 aromatic carbocycles. The zero-order valence-electron chi connectivity index (χ0n) is 30.8. The number of aliphatic hydroxyl groups excluding tert-OH is 3. The van der Waals surface area contributed by atoms with Crippen LogP contribution in [-0.4, -0.2) is 127 Å². The highest BCUT2D eigenvalue weighted by Crippen LogP contribution is 2.34. The number of nitrogens with two attached hydrogens (primary N) is 1. The summed E-state index contributed by atoms with van der Waals surface area (Å²) in [4.78, 5) is 52.2. The molecule has 4 amide bonds. The van der Waals surface area contributed by atoms with Gasteiger partial charge in [-0.1, -0.05) is 24.3 Å². The molecule has 8 atom stereocenters. The Balaban J connectivity index is 1.15. The number of likely N-dealkylation sites (N-methyl/N-ethyl adjacent to an activating group) is 1. The van der Waals surface area contributed by atoms with Gasteiger partial charge in [0, 0.05) is 51.8 Å². The number of carbonyl (C=O) groups excluding carboxylic acids is 4. The largest absolute Gasteiger partial charge is 0.573 e. The molecule has 3 heterocycles. The molecule has 17 nitrogen and oxygen atoms in total. The van der Waals surface area contributed by atoms with Gasteiger partial charge in [0.2, 0.25) is 24.5 Å². The first-order valence-corrected chi connectivity index (χ1v) is 17.8. The van der Waals surface area contributed by atoms with E-state index in [1.54, 1.807) is 12.1 Å². The molecule has 5 rings (SSSR count). The predicted octanol–water partition coefficient (Wildman–Crippen LogP) is 0.237. The van der Waals surface area contributed by atoms with Gasteiger partial charge in [0.05, 0.1) is 0 Å². The van der Waals surface area contributed by atoms with E-state index in [-0.39, 0.29) is 24.6 Å². The van der Waals surface area contributed by atoms with E-state index in [1.165, 1.54) is 26.3 Å². The highest BCUT2D eigenvalue weighted by Gasteiger charge is 2.53. The molecule has 0 bridgehead atoms. The maximum absolute atomic E-state index is 13.1. The van der Waals surface area contributed by atoms with Crippen molar-refractivity contribution in [1.29, 1.82) is 0 Å². The minimum atomic E-state index is -4.75. The highest BCUT2D eigenvalue weighted by atomic mass is 19.4. The molecular formula is C37H44F3N5O12. The van der Waals surface area contributed by atoms with Gasteiger partial charge in [-0.05, 0) is 60.2 Å². The van der Waals surface area contributed by atoms with E-state index in [2.05, 4.69) is 20.3 Å². The summed E-state index contributed by atoms with van der Waals surface area (Å²) < 4.78 is 63.7. The van der Waals surface area contributed by atoms with Crippen LogP contribution in [0.15, 0.2) is 72.6 Å². The normalized spacial score (nSPS) is 25.9. The first-order valence-electron chi connectivity index (χ1n) is 17.8. The Morgan fingerprint density at radius 3 is 2.30 bits per heavy atom. The molecule has 0 radical (unpaired) electrons. The van der Waals surface area contributed by atoms with Crippen molar-refractivity contribution in [1.82, 2.24) is 15.5 Å². The maximum atomic E-state index is 13.1. The fourth-order valence-corrected chi connectivity index (χ4v) is 6.70. The number of amides is 4. The van der Waals surface area contributed by atoms with E-state index in [0.29, 0.717) is 5.56 Å². The van der Waals surface area contributed by atoms with Gasteiger partial charge in [-0.25, -0.2) is 0 Å².